The lowest BCUT2D eigenvalue weighted by Gasteiger charge is -2.10. The first kappa shape index (κ1) is 35.3. The molecule has 0 bridgehead atoms. The normalized spacial score (nSPS) is 10.2. The molecular formula is C24H11F9I2N4O4. The van der Waals surface area contributed by atoms with E-state index < -0.39 is 73.4 Å². The Bertz CT molecular complexity index is 1710. The number of anilines is 3. The Hall–Kier alpha value is -3.89. The van der Waals surface area contributed by atoms with Gasteiger partial charge in [0.15, 0.2) is 23.1 Å². The lowest BCUT2D eigenvalue weighted by atomic mass is 10.2. The molecule has 0 fully saturated rings. The Morgan fingerprint density at radius 3 is 1.51 bits per heavy atom. The van der Waals surface area contributed by atoms with Crippen LogP contribution in [-0.4, -0.2) is 9.85 Å². The van der Waals surface area contributed by atoms with Gasteiger partial charge >= 0.3 is 11.4 Å². The van der Waals surface area contributed by atoms with Crippen LogP contribution in [0.3, 0.4) is 0 Å². The molecule has 0 unspecified atom stereocenters. The Balaban J connectivity index is 0.000000249. The van der Waals surface area contributed by atoms with Crippen LogP contribution in [0.2, 0.25) is 0 Å². The van der Waals surface area contributed by atoms with Crippen LogP contribution in [-0.2, 0) is 0 Å². The van der Waals surface area contributed by atoms with Crippen molar-refractivity contribution in [3.05, 3.63) is 128 Å². The molecule has 0 aliphatic heterocycles. The second-order valence-corrected chi connectivity index (χ2v) is 10.1. The molecular weight excluding hydrogens is 833 g/mol. The highest BCUT2D eigenvalue weighted by atomic mass is 127. The van der Waals surface area contributed by atoms with Crippen molar-refractivity contribution < 1.29 is 49.4 Å². The third-order valence-corrected chi connectivity index (χ3v) is 6.10. The minimum absolute atomic E-state index is 0.0585. The Kier molecular flexibility index (Phi) is 12.3. The van der Waals surface area contributed by atoms with Crippen LogP contribution >= 0.6 is 45.2 Å². The number of nitro groups is 2. The summed E-state index contributed by atoms with van der Waals surface area (Å²) in [6.45, 7) is 0. The van der Waals surface area contributed by atoms with Gasteiger partial charge in [0, 0.05) is 19.3 Å². The number of rotatable bonds is 4. The second-order valence-electron chi connectivity index (χ2n) is 7.62. The maximum absolute atomic E-state index is 13.7. The van der Waals surface area contributed by atoms with Crippen LogP contribution in [0.15, 0.2) is 48.5 Å². The van der Waals surface area contributed by atoms with Gasteiger partial charge in [-0.25, -0.2) is 26.3 Å². The number of hydrogen-bond acceptors (Lipinski definition) is 6. The number of nitrogens with two attached hydrogens (primary N) is 1. The SMILES string of the molecule is Nc1ccc(I)cc1F.O=[N+]([O-])c1c(F)cc(F)c(F)c1F.O=[N+]([O-])c1c(F)cc(F)c(F)c1Nc1ccc(I)cc1F. The van der Waals surface area contributed by atoms with Crippen LogP contribution in [0.1, 0.15) is 0 Å². The number of hydrogen-bond donors (Lipinski definition) is 2. The molecule has 228 valence electrons. The van der Waals surface area contributed by atoms with Gasteiger partial charge in [0.25, 0.3) is 0 Å². The van der Waals surface area contributed by atoms with Gasteiger partial charge in [-0.15, -0.1) is 0 Å². The quantitative estimate of drug-likeness (QED) is 0.0403. The summed E-state index contributed by atoms with van der Waals surface area (Å²) < 4.78 is 117. The number of benzene rings is 4. The third-order valence-electron chi connectivity index (χ3n) is 4.75. The van der Waals surface area contributed by atoms with Crippen molar-refractivity contribution in [1.82, 2.24) is 0 Å². The van der Waals surface area contributed by atoms with E-state index in [9.17, 15) is 59.7 Å². The van der Waals surface area contributed by atoms with Crippen molar-refractivity contribution in [3.8, 4) is 0 Å². The Labute approximate surface area is 261 Å². The molecule has 4 aromatic carbocycles. The fraction of sp³-hybridized carbons (Fsp3) is 0. The van der Waals surface area contributed by atoms with Gasteiger partial charge in [-0.1, -0.05) is 0 Å². The van der Waals surface area contributed by atoms with Gasteiger partial charge in [-0.3, -0.25) is 20.2 Å². The van der Waals surface area contributed by atoms with Crippen molar-refractivity contribution in [2.24, 2.45) is 0 Å². The average Bonchev–Trinajstić information content (AvgIpc) is 2.90. The summed E-state index contributed by atoms with van der Waals surface area (Å²) in [5.41, 5.74) is 1.00. The highest BCUT2D eigenvalue weighted by Crippen LogP contribution is 2.35. The predicted octanol–water partition coefficient (Wildman–Crippen LogP) is 8.66. The topological polar surface area (TPSA) is 124 Å². The fourth-order valence-electron chi connectivity index (χ4n) is 2.83. The first-order valence-corrected chi connectivity index (χ1v) is 12.8. The molecule has 0 saturated heterocycles. The van der Waals surface area contributed by atoms with E-state index >= 15 is 0 Å². The van der Waals surface area contributed by atoms with E-state index in [1.807, 2.05) is 50.5 Å². The monoisotopic (exact) mass is 844 g/mol. The highest BCUT2D eigenvalue weighted by molar-refractivity contribution is 14.1. The molecule has 4 rings (SSSR count). The highest BCUT2D eigenvalue weighted by Gasteiger charge is 2.29. The van der Waals surface area contributed by atoms with Gasteiger partial charge < -0.3 is 11.1 Å². The largest absolute Gasteiger partial charge is 0.396 e. The number of nitro benzene ring substituents is 2. The summed E-state index contributed by atoms with van der Waals surface area (Å²) in [7, 11) is 0. The van der Waals surface area contributed by atoms with Crippen molar-refractivity contribution >= 4 is 73.6 Å². The fourth-order valence-corrected chi connectivity index (χ4v) is 3.74. The molecule has 0 aliphatic carbocycles. The number of nitrogens with zero attached hydrogens (tertiary/aromatic N) is 2. The van der Waals surface area contributed by atoms with Gasteiger partial charge in [0.1, 0.15) is 11.6 Å². The predicted molar refractivity (Wildman–Crippen MR) is 152 cm³/mol. The zero-order valence-corrected chi connectivity index (χ0v) is 24.7. The molecule has 0 radical (unpaired) electrons. The molecule has 19 heteroatoms. The van der Waals surface area contributed by atoms with Crippen molar-refractivity contribution in [1.29, 1.82) is 0 Å². The third kappa shape index (κ3) is 9.05. The lowest BCUT2D eigenvalue weighted by Crippen LogP contribution is -2.05. The standard InChI is InChI=1S/C12H5F4IN2O2.C6HF4NO2.C6H5FIN/c13-6-3-5(17)1-2-9(6)18-11-10(16)7(14)4-8(15)12(11)19(20)21;7-2-1-3(8)6(11(12)13)5(10)4(2)9;7-5-3-4(8)1-2-6(5)9/h1-4,18H;1H;1-3H,9H2. The molecule has 43 heavy (non-hydrogen) atoms. The van der Waals surface area contributed by atoms with Crippen LogP contribution in [0.4, 0.5) is 68.0 Å². The van der Waals surface area contributed by atoms with Crippen LogP contribution < -0.4 is 11.1 Å². The van der Waals surface area contributed by atoms with Crippen molar-refractivity contribution in [2.45, 2.75) is 0 Å². The summed E-state index contributed by atoms with van der Waals surface area (Å²) in [6, 6.07) is 8.36. The molecule has 0 saturated carbocycles. The van der Waals surface area contributed by atoms with Crippen LogP contribution in [0, 0.1) is 79.7 Å². The van der Waals surface area contributed by atoms with Crippen LogP contribution in [0.5, 0.6) is 0 Å². The summed E-state index contributed by atoms with van der Waals surface area (Å²) >= 11 is 3.84. The van der Waals surface area contributed by atoms with E-state index in [-0.39, 0.29) is 29.3 Å². The Morgan fingerprint density at radius 1 is 0.581 bits per heavy atom. The summed E-state index contributed by atoms with van der Waals surface area (Å²) in [4.78, 5) is 18.0. The van der Waals surface area contributed by atoms with Gasteiger partial charge in [0.2, 0.25) is 23.3 Å². The van der Waals surface area contributed by atoms with E-state index in [4.69, 9.17) is 5.73 Å². The Morgan fingerprint density at radius 2 is 1.05 bits per heavy atom. The summed E-state index contributed by atoms with van der Waals surface area (Å²) in [6.07, 6.45) is 0. The molecule has 0 aliphatic rings. The summed E-state index contributed by atoms with van der Waals surface area (Å²) in [5.74, 6) is -13.8. The molecule has 0 aromatic heterocycles. The van der Waals surface area contributed by atoms with E-state index in [1.54, 1.807) is 12.1 Å². The molecule has 8 nitrogen and oxygen atoms in total. The van der Waals surface area contributed by atoms with E-state index in [1.165, 1.54) is 18.2 Å². The second kappa shape index (κ2) is 15.0. The number of nitrogen functional groups attached to an aromatic ring is 1. The first-order valence-electron chi connectivity index (χ1n) is 10.7. The molecule has 4 aromatic rings. The lowest BCUT2D eigenvalue weighted by molar-refractivity contribution is -0.390. The first-order chi connectivity index (χ1) is 20.0. The minimum atomic E-state index is -2.14. The van der Waals surface area contributed by atoms with Gasteiger partial charge in [-0.2, -0.15) is 13.2 Å². The van der Waals surface area contributed by atoms with Crippen LogP contribution in [0.25, 0.3) is 0 Å². The maximum atomic E-state index is 13.7. The van der Waals surface area contributed by atoms with E-state index in [2.05, 4.69) is 0 Å². The number of halogens is 11. The molecule has 0 heterocycles. The smallest absolute Gasteiger partial charge is 0.343 e. The maximum Gasteiger partial charge on any atom is 0.343 e. The van der Waals surface area contributed by atoms with E-state index in [0.717, 1.165) is 9.64 Å². The number of nitrogens with one attached hydrogen (secondary N) is 1. The molecule has 0 atom stereocenters. The zero-order valence-electron chi connectivity index (χ0n) is 20.4. The van der Waals surface area contributed by atoms with Gasteiger partial charge in [-0.05, 0) is 81.6 Å². The van der Waals surface area contributed by atoms with E-state index in [0.29, 0.717) is 3.57 Å². The zero-order chi connectivity index (χ0) is 32.8. The van der Waals surface area contributed by atoms with Crippen molar-refractivity contribution in [3.63, 3.8) is 0 Å². The average molecular weight is 844 g/mol. The molecule has 3 N–H and O–H groups in total. The van der Waals surface area contributed by atoms with Crippen molar-refractivity contribution in [2.75, 3.05) is 11.1 Å². The minimum Gasteiger partial charge on any atom is -0.396 e. The van der Waals surface area contributed by atoms with Gasteiger partial charge in [0.05, 0.1) is 21.2 Å². The molecule has 0 amide bonds. The molecule has 0 spiro atoms. The summed E-state index contributed by atoms with van der Waals surface area (Å²) in [5, 5.41) is 22.7.